The van der Waals surface area contributed by atoms with Gasteiger partial charge in [-0.25, -0.2) is 0 Å². The van der Waals surface area contributed by atoms with E-state index in [0.717, 1.165) is 6.07 Å². The maximum absolute atomic E-state index is 13.6. The first-order valence-corrected chi connectivity index (χ1v) is 9.65. The van der Waals surface area contributed by atoms with Crippen molar-refractivity contribution in [2.45, 2.75) is 6.18 Å². The van der Waals surface area contributed by atoms with E-state index in [2.05, 4.69) is 20.6 Å². The van der Waals surface area contributed by atoms with Gasteiger partial charge >= 0.3 is 6.18 Å². The predicted molar refractivity (Wildman–Crippen MR) is 115 cm³/mol. The average Bonchev–Trinajstić information content (AvgIpc) is 3.23. The normalized spacial score (nSPS) is 11.7. The Morgan fingerprint density at radius 2 is 1.64 bits per heavy atom. The molecule has 0 unspecified atom stereocenters. The van der Waals surface area contributed by atoms with E-state index in [9.17, 15) is 23.3 Å². The second-order valence-electron chi connectivity index (χ2n) is 7.13. The highest BCUT2D eigenvalue weighted by molar-refractivity contribution is 6.01. The molecule has 3 aromatic carbocycles. The Hall–Kier alpha value is -4.54. The van der Waals surface area contributed by atoms with Gasteiger partial charge in [0.2, 0.25) is 0 Å². The summed E-state index contributed by atoms with van der Waals surface area (Å²) in [6.45, 7) is 0. The molecule has 0 fully saturated rings. The van der Waals surface area contributed by atoms with Gasteiger partial charge in [-0.3, -0.25) is 10.1 Å². The summed E-state index contributed by atoms with van der Waals surface area (Å²) in [6, 6.07) is 17.9. The first-order chi connectivity index (χ1) is 15.8. The van der Waals surface area contributed by atoms with Crippen LogP contribution in [0, 0.1) is 10.1 Å². The van der Waals surface area contributed by atoms with Crippen molar-refractivity contribution in [3.8, 4) is 11.4 Å². The van der Waals surface area contributed by atoms with Crippen molar-refractivity contribution < 1.29 is 18.1 Å². The Morgan fingerprint density at radius 1 is 0.909 bits per heavy atom. The highest BCUT2D eigenvalue weighted by atomic mass is 19.4. The minimum Gasteiger partial charge on any atom is -0.338 e. The Kier molecular flexibility index (Phi) is 4.66. The smallest absolute Gasteiger partial charge is 0.338 e. The van der Waals surface area contributed by atoms with Crippen molar-refractivity contribution in [2.24, 2.45) is 0 Å². The molecule has 0 aliphatic carbocycles. The summed E-state index contributed by atoms with van der Waals surface area (Å²) in [5, 5.41) is 28.0. The van der Waals surface area contributed by atoms with Crippen molar-refractivity contribution in [1.82, 2.24) is 19.8 Å². The summed E-state index contributed by atoms with van der Waals surface area (Å²) in [5.74, 6) is 0.204. The number of nitro benzene ring substituents is 1. The third-order valence-corrected chi connectivity index (χ3v) is 5.06. The number of benzene rings is 3. The molecule has 33 heavy (non-hydrogen) atoms. The Labute approximate surface area is 183 Å². The number of nitro groups is 1. The minimum atomic E-state index is -4.59. The molecule has 0 saturated heterocycles. The van der Waals surface area contributed by atoms with E-state index in [1.165, 1.54) is 40.9 Å². The van der Waals surface area contributed by atoms with Crippen LogP contribution in [0.3, 0.4) is 0 Å². The first kappa shape index (κ1) is 20.4. The lowest BCUT2D eigenvalue weighted by Gasteiger charge is -2.13. The molecule has 0 amide bonds. The number of hydrogen-bond donors (Lipinski definition) is 1. The van der Waals surface area contributed by atoms with Crippen LogP contribution in [-0.2, 0) is 6.18 Å². The standard InChI is InChI=1S/C22H13F3N6O2/c23-22(24,25)18-11-4-3-10-17(18)21-28-27-20-16-9-2-1-8-15(16)19(29-30(20)21)26-13-6-5-7-14(12-13)31(32)33/h1-12H,(H,26,29). The van der Waals surface area contributed by atoms with Gasteiger partial charge in [-0.2, -0.15) is 17.7 Å². The second-order valence-corrected chi connectivity index (χ2v) is 7.13. The Bertz CT molecular complexity index is 1530. The molecule has 164 valence electrons. The quantitative estimate of drug-likeness (QED) is 0.282. The number of nitrogens with one attached hydrogen (secondary N) is 1. The van der Waals surface area contributed by atoms with Crippen molar-refractivity contribution >= 4 is 33.6 Å². The number of non-ortho nitro benzene ring substituents is 1. The van der Waals surface area contributed by atoms with Gasteiger partial charge in [0, 0.05) is 34.2 Å². The molecule has 8 nitrogen and oxygen atoms in total. The molecule has 0 atom stereocenters. The zero-order valence-corrected chi connectivity index (χ0v) is 16.6. The monoisotopic (exact) mass is 450 g/mol. The number of rotatable bonds is 4. The molecule has 0 bridgehead atoms. The summed E-state index contributed by atoms with van der Waals surface area (Å²) >= 11 is 0. The molecule has 2 aromatic heterocycles. The topological polar surface area (TPSA) is 98.2 Å². The zero-order valence-electron chi connectivity index (χ0n) is 16.6. The fourth-order valence-electron chi connectivity index (χ4n) is 3.60. The van der Waals surface area contributed by atoms with Gasteiger partial charge in [-0.15, -0.1) is 15.3 Å². The van der Waals surface area contributed by atoms with Gasteiger partial charge in [0.15, 0.2) is 17.3 Å². The molecule has 2 heterocycles. The van der Waals surface area contributed by atoms with E-state index in [-0.39, 0.29) is 28.5 Å². The third kappa shape index (κ3) is 3.59. The number of hydrogen-bond acceptors (Lipinski definition) is 6. The van der Waals surface area contributed by atoms with Crippen LogP contribution in [0.15, 0.2) is 72.8 Å². The first-order valence-electron chi connectivity index (χ1n) is 9.65. The van der Waals surface area contributed by atoms with Crippen molar-refractivity contribution in [1.29, 1.82) is 0 Å². The van der Waals surface area contributed by atoms with Crippen molar-refractivity contribution in [2.75, 3.05) is 5.32 Å². The van der Waals surface area contributed by atoms with Crippen molar-refractivity contribution in [3.05, 3.63) is 88.5 Å². The SMILES string of the molecule is O=[N+]([O-])c1cccc(Nc2nn3c(-c4ccccc4C(F)(F)F)nnc3c3ccccc23)c1. The van der Waals surface area contributed by atoms with Crippen LogP contribution in [0.25, 0.3) is 27.8 Å². The highest BCUT2D eigenvalue weighted by Crippen LogP contribution is 2.37. The molecule has 0 spiro atoms. The molecule has 1 N–H and O–H groups in total. The fourth-order valence-corrected chi connectivity index (χ4v) is 3.60. The summed E-state index contributed by atoms with van der Waals surface area (Å²) in [5.41, 5.74) is -0.466. The van der Waals surface area contributed by atoms with E-state index in [1.54, 1.807) is 30.3 Å². The molecular weight excluding hydrogens is 437 g/mol. The highest BCUT2D eigenvalue weighted by Gasteiger charge is 2.34. The summed E-state index contributed by atoms with van der Waals surface area (Å²) < 4.78 is 42.1. The predicted octanol–water partition coefficient (Wildman–Crippen LogP) is 5.62. The van der Waals surface area contributed by atoms with E-state index in [1.807, 2.05) is 0 Å². The van der Waals surface area contributed by atoms with Crippen LogP contribution < -0.4 is 5.32 Å². The van der Waals surface area contributed by atoms with Crippen LogP contribution in [0.2, 0.25) is 0 Å². The van der Waals surface area contributed by atoms with Gasteiger partial charge in [0.25, 0.3) is 5.69 Å². The second kappa shape index (κ2) is 7.55. The summed E-state index contributed by atoms with van der Waals surface area (Å²) in [4.78, 5) is 10.6. The number of aromatic nitrogens is 4. The number of alkyl halides is 3. The fraction of sp³-hybridized carbons (Fsp3) is 0.0455. The van der Waals surface area contributed by atoms with Gasteiger partial charge in [-0.05, 0) is 12.1 Å². The molecule has 5 rings (SSSR count). The Morgan fingerprint density at radius 3 is 2.39 bits per heavy atom. The van der Waals surface area contributed by atoms with Crippen LogP contribution in [0.4, 0.5) is 30.4 Å². The molecular formula is C22H13F3N6O2. The number of anilines is 2. The van der Waals surface area contributed by atoms with Crippen LogP contribution in [0.1, 0.15) is 5.56 Å². The molecule has 5 aromatic rings. The van der Waals surface area contributed by atoms with E-state index < -0.39 is 16.7 Å². The summed E-state index contributed by atoms with van der Waals surface area (Å²) in [6.07, 6.45) is -4.59. The number of fused-ring (bicyclic) bond motifs is 3. The van der Waals surface area contributed by atoms with Gasteiger partial charge in [-0.1, -0.05) is 48.5 Å². The average molecular weight is 450 g/mol. The molecule has 11 heteroatoms. The van der Waals surface area contributed by atoms with Gasteiger partial charge in [0.1, 0.15) is 0 Å². The van der Waals surface area contributed by atoms with E-state index >= 15 is 0 Å². The van der Waals surface area contributed by atoms with Crippen LogP contribution in [-0.4, -0.2) is 24.7 Å². The van der Waals surface area contributed by atoms with Gasteiger partial charge in [0.05, 0.1) is 10.5 Å². The lowest BCUT2D eigenvalue weighted by atomic mass is 10.1. The largest absolute Gasteiger partial charge is 0.417 e. The maximum Gasteiger partial charge on any atom is 0.417 e. The molecule has 0 aliphatic heterocycles. The Balaban J connectivity index is 1.74. The third-order valence-electron chi connectivity index (χ3n) is 5.06. The molecule has 0 radical (unpaired) electrons. The minimum absolute atomic E-state index is 0.0780. The lowest BCUT2D eigenvalue weighted by molar-refractivity contribution is -0.384. The molecule has 0 aliphatic rings. The van der Waals surface area contributed by atoms with Crippen LogP contribution >= 0.6 is 0 Å². The lowest BCUT2D eigenvalue weighted by Crippen LogP contribution is -2.09. The van der Waals surface area contributed by atoms with E-state index in [0.29, 0.717) is 16.5 Å². The number of nitrogens with zero attached hydrogens (tertiary/aromatic N) is 5. The maximum atomic E-state index is 13.6. The van der Waals surface area contributed by atoms with Crippen molar-refractivity contribution in [3.63, 3.8) is 0 Å². The van der Waals surface area contributed by atoms with Crippen LogP contribution in [0.5, 0.6) is 0 Å². The van der Waals surface area contributed by atoms with Gasteiger partial charge < -0.3 is 5.32 Å². The number of halogens is 3. The zero-order chi connectivity index (χ0) is 23.2. The summed E-state index contributed by atoms with van der Waals surface area (Å²) in [7, 11) is 0. The van der Waals surface area contributed by atoms with E-state index in [4.69, 9.17) is 0 Å². The molecule has 0 saturated carbocycles.